The summed E-state index contributed by atoms with van der Waals surface area (Å²) in [5.41, 5.74) is 2.23. The van der Waals surface area contributed by atoms with Crippen LogP contribution in [0.5, 0.6) is 0 Å². The van der Waals surface area contributed by atoms with Gasteiger partial charge in [-0.2, -0.15) is 0 Å². The molecule has 42 heavy (non-hydrogen) atoms. The van der Waals surface area contributed by atoms with Crippen LogP contribution in [0.15, 0.2) is 11.6 Å². The molecule has 0 aromatic heterocycles. The maximum absolute atomic E-state index is 12.6. The number of hydrogen-bond donors (Lipinski definition) is 2. The van der Waals surface area contributed by atoms with Crippen molar-refractivity contribution < 1.29 is 24.2 Å². The third-order valence-corrected chi connectivity index (χ3v) is 12.3. The fraction of sp³-hybridized carbons (Fsp3) is 0.861. The number of unbranched alkanes of at least 4 members (excludes halogenated alkanes) is 2. The lowest BCUT2D eigenvalue weighted by molar-refractivity contribution is -0.151. The maximum Gasteiger partial charge on any atom is 0.325 e. The molecule has 6 heteroatoms. The van der Waals surface area contributed by atoms with Gasteiger partial charge in [0.15, 0.2) is 0 Å². The molecule has 0 spiro atoms. The van der Waals surface area contributed by atoms with Crippen molar-refractivity contribution in [2.45, 2.75) is 143 Å². The van der Waals surface area contributed by atoms with Crippen LogP contribution < -0.4 is 5.32 Å². The van der Waals surface area contributed by atoms with Crippen molar-refractivity contribution in [3.05, 3.63) is 11.6 Å². The molecule has 3 saturated carbocycles. The van der Waals surface area contributed by atoms with E-state index in [0.29, 0.717) is 31.1 Å². The van der Waals surface area contributed by atoms with Crippen molar-refractivity contribution in [1.82, 2.24) is 5.32 Å². The number of carbonyl (C=O) groups excluding carboxylic acids is 2. The molecule has 0 heterocycles. The van der Waals surface area contributed by atoms with Gasteiger partial charge in [-0.15, -0.1) is 0 Å². The third-order valence-electron chi connectivity index (χ3n) is 12.3. The molecule has 1 amide bonds. The number of aliphatic carboxylic acids is 1. The van der Waals surface area contributed by atoms with E-state index in [1.165, 1.54) is 56.9 Å². The van der Waals surface area contributed by atoms with Crippen molar-refractivity contribution in [1.29, 1.82) is 0 Å². The molecule has 0 unspecified atom stereocenters. The zero-order valence-electron chi connectivity index (χ0n) is 27.2. The highest BCUT2D eigenvalue weighted by molar-refractivity contribution is 5.81. The Morgan fingerprint density at radius 3 is 2.45 bits per heavy atom. The van der Waals surface area contributed by atoms with Gasteiger partial charge in [0.2, 0.25) is 5.91 Å². The van der Waals surface area contributed by atoms with Gasteiger partial charge in [-0.3, -0.25) is 14.4 Å². The minimum absolute atomic E-state index is 0.0944. The summed E-state index contributed by atoms with van der Waals surface area (Å²) in [5, 5.41) is 11.4. The van der Waals surface area contributed by atoms with Crippen LogP contribution in [-0.4, -0.2) is 35.6 Å². The molecule has 0 aromatic rings. The van der Waals surface area contributed by atoms with E-state index in [1.54, 1.807) is 0 Å². The van der Waals surface area contributed by atoms with Crippen LogP contribution >= 0.6 is 0 Å². The number of fused-ring (bicyclic) bond motifs is 5. The van der Waals surface area contributed by atoms with Gasteiger partial charge >= 0.3 is 11.9 Å². The summed E-state index contributed by atoms with van der Waals surface area (Å²) in [5.74, 6) is 3.56. The second-order valence-electron chi connectivity index (χ2n) is 15.4. The fourth-order valence-corrected chi connectivity index (χ4v) is 9.98. The van der Waals surface area contributed by atoms with Crippen LogP contribution in [0.2, 0.25) is 0 Å². The highest BCUT2D eigenvalue weighted by atomic mass is 16.5. The molecule has 2 N–H and O–H groups in total. The molecule has 4 aliphatic carbocycles. The number of esters is 1. The first-order chi connectivity index (χ1) is 19.9. The van der Waals surface area contributed by atoms with Gasteiger partial charge in [-0.05, 0) is 104 Å². The van der Waals surface area contributed by atoms with Gasteiger partial charge in [0.25, 0.3) is 0 Å². The molecule has 238 valence electrons. The van der Waals surface area contributed by atoms with E-state index >= 15 is 0 Å². The lowest BCUT2D eigenvalue weighted by Crippen LogP contribution is -2.51. The molecule has 4 aliphatic rings. The lowest BCUT2D eigenvalue weighted by atomic mass is 9.47. The van der Waals surface area contributed by atoms with E-state index < -0.39 is 5.97 Å². The molecule has 0 saturated heterocycles. The van der Waals surface area contributed by atoms with Gasteiger partial charge in [0.1, 0.15) is 12.6 Å². The second-order valence-corrected chi connectivity index (χ2v) is 15.4. The van der Waals surface area contributed by atoms with Crippen LogP contribution in [-0.2, 0) is 19.1 Å². The predicted octanol–water partition coefficient (Wildman–Crippen LogP) is 8.09. The van der Waals surface area contributed by atoms with E-state index in [4.69, 9.17) is 9.84 Å². The Morgan fingerprint density at radius 1 is 0.952 bits per heavy atom. The predicted molar refractivity (Wildman–Crippen MR) is 167 cm³/mol. The quantitative estimate of drug-likeness (QED) is 0.122. The Bertz CT molecular complexity index is 989. The summed E-state index contributed by atoms with van der Waals surface area (Å²) < 4.78 is 5.85. The molecule has 0 aromatic carbocycles. The van der Waals surface area contributed by atoms with Gasteiger partial charge in [-0.1, -0.05) is 72.0 Å². The van der Waals surface area contributed by atoms with Gasteiger partial charge in [0, 0.05) is 19.3 Å². The first-order valence-electron chi connectivity index (χ1n) is 17.3. The van der Waals surface area contributed by atoms with Crippen LogP contribution in [0.3, 0.4) is 0 Å². The zero-order chi connectivity index (χ0) is 30.5. The molecule has 0 bridgehead atoms. The average Bonchev–Trinajstić information content (AvgIpc) is 3.29. The highest BCUT2D eigenvalue weighted by Gasteiger charge is 2.59. The zero-order valence-corrected chi connectivity index (χ0v) is 27.2. The summed E-state index contributed by atoms with van der Waals surface area (Å²) in [4.78, 5) is 35.2. The monoisotopic (exact) mass is 585 g/mol. The van der Waals surface area contributed by atoms with Gasteiger partial charge in [0.05, 0.1) is 0 Å². The van der Waals surface area contributed by atoms with E-state index in [9.17, 15) is 14.4 Å². The van der Waals surface area contributed by atoms with E-state index in [2.05, 4.69) is 46.0 Å². The minimum Gasteiger partial charge on any atom is -0.481 e. The third kappa shape index (κ3) is 7.62. The lowest BCUT2D eigenvalue weighted by Gasteiger charge is -2.58. The Hall–Kier alpha value is -1.85. The fourth-order valence-electron chi connectivity index (χ4n) is 9.98. The molecular weight excluding hydrogens is 526 g/mol. The molecule has 4 rings (SSSR count). The SMILES string of the molecule is CC(C)CCC[C@@H](C)[C@H]1CC[C@H]2[C@@H]3CC=C4C[C@@H](OC(=O)CNC(=O)CCCCCC(=O)O)CC[C@]4(C)[C@H]3CC[C@]12C. The standard InChI is InChI=1S/C36H59NO5/c1-24(2)10-9-11-25(3)29-16-17-30-28-15-14-26-22-27(18-20-35(26,4)31(28)19-21-36(29,30)5)42-34(41)23-37-32(38)12-7-6-8-13-33(39)40/h14,24-25,27-31H,6-13,15-23H2,1-5H3,(H,37,38)(H,39,40)/t25-,27+,28+,29-,30+,31+,35+,36-/m1/s1. The Balaban J connectivity index is 1.26. The number of carbonyl (C=O) groups is 3. The summed E-state index contributed by atoms with van der Waals surface area (Å²) >= 11 is 0. The molecule has 0 radical (unpaired) electrons. The number of carboxylic acids is 1. The van der Waals surface area contributed by atoms with Crippen molar-refractivity contribution in [2.24, 2.45) is 46.3 Å². The topological polar surface area (TPSA) is 92.7 Å². The smallest absolute Gasteiger partial charge is 0.325 e. The molecule has 0 aliphatic heterocycles. The van der Waals surface area contributed by atoms with Gasteiger partial charge in [-0.25, -0.2) is 0 Å². The van der Waals surface area contributed by atoms with Crippen molar-refractivity contribution in [3.63, 3.8) is 0 Å². The second kappa shape index (κ2) is 14.3. The maximum atomic E-state index is 12.6. The van der Waals surface area contributed by atoms with Crippen molar-refractivity contribution in [2.75, 3.05) is 6.54 Å². The Labute approximate surface area is 255 Å². The summed E-state index contributed by atoms with van der Waals surface area (Å²) in [7, 11) is 0. The highest BCUT2D eigenvalue weighted by Crippen LogP contribution is 2.67. The summed E-state index contributed by atoms with van der Waals surface area (Å²) in [6.07, 6.45) is 18.4. The van der Waals surface area contributed by atoms with Crippen LogP contribution in [0.25, 0.3) is 0 Å². The van der Waals surface area contributed by atoms with Crippen LogP contribution in [0, 0.1) is 46.3 Å². The summed E-state index contributed by atoms with van der Waals surface area (Å²) in [6.45, 7) is 12.3. The van der Waals surface area contributed by atoms with Gasteiger partial charge < -0.3 is 15.2 Å². The largest absolute Gasteiger partial charge is 0.481 e. The number of amides is 1. The van der Waals surface area contributed by atoms with E-state index in [1.807, 2.05) is 0 Å². The molecule has 3 fully saturated rings. The number of nitrogens with one attached hydrogen (secondary N) is 1. The number of allylic oxidation sites excluding steroid dienone is 1. The van der Waals surface area contributed by atoms with Crippen molar-refractivity contribution >= 4 is 17.8 Å². The number of carboxylic acid groups (broad SMARTS) is 1. The number of hydrogen-bond acceptors (Lipinski definition) is 4. The van der Waals surface area contributed by atoms with E-state index in [0.717, 1.165) is 54.8 Å². The molecule has 8 atom stereocenters. The number of rotatable bonds is 14. The van der Waals surface area contributed by atoms with E-state index in [-0.39, 0.29) is 36.4 Å². The first-order valence-corrected chi connectivity index (χ1v) is 17.3. The molecular formula is C36H59NO5. The van der Waals surface area contributed by atoms with Crippen LogP contribution in [0.4, 0.5) is 0 Å². The van der Waals surface area contributed by atoms with Crippen molar-refractivity contribution in [3.8, 4) is 0 Å². The number of ether oxygens (including phenoxy) is 1. The normalized spacial score (nSPS) is 34.5. The Morgan fingerprint density at radius 2 is 1.71 bits per heavy atom. The average molecular weight is 586 g/mol. The first kappa shape index (κ1) is 33.1. The summed E-state index contributed by atoms with van der Waals surface area (Å²) in [6, 6.07) is 0. The molecule has 6 nitrogen and oxygen atoms in total. The minimum atomic E-state index is -0.810. The van der Waals surface area contributed by atoms with Crippen LogP contribution in [0.1, 0.15) is 137 Å². The Kier molecular flexibility index (Phi) is 11.2.